The average Bonchev–Trinajstić information content (AvgIpc) is 3.11. The third-order valence-corrected chi connectivity index (χ3v) is 6.06. The van der Waals surface area contributed by atoms with Crippen molar-refractivity contribution in [3.63, 3.8) is 0 Å². The first-order valence-corrected chi connectivity index (χ1v) is 9.23. The summed E-state index contributed by atoms with van der Waals surface area (Å²) in [7, 11) is 0. The lowest BCUT2D eigenvalue weighted by atomic mass is 9.56. The second-order valence-electron chi connectivity index (χ2n) is 7.50. The number of furan rings is 1. The van der Waals surface area contributed by atoms with Gasteiger partial charge in [-0.1, -0.05) is 32.4 Å². The fourth-order valence-electron chi connectivity index (χ4n) is 4.45. The number of hydrogen-bond donors (Lipinski definition) is 1. The van der Waals surface area contributed by atoms with Gasteiger partial charge in [-0.2, -0.15) is 0 Å². The van der Waals surface area contributed by atoms with Gasteiger partial charge >= 0.3 is 6.09 Å². The molecular weight excluding hydrogens is 318 g/mol. The summed E-state index contributed by atoms with van der Waals surface area (Å²) in [5.74, 6) is 1.72. The van der Waals surface area contributed by atoms with Gasteiger partial charge in [-0.15, -0.1) is 0 Å². The van der Waals surface area contributed by atoms with Crippen LogP contribution in [0.4, 0.5) is 4.79 Å². The predicted molar refractivity (Wildman–Crippen MR) is 95.1 cm³/mol. The molecule has 5 atom stereocenters. The molecule has 1 fully saturated rings. The van der Waals surface area contributed by atoms with Crippen LogP contribution in [0.3, 0.4) is 0 Å². The SMILES string of the molecule is CCCNC(=O)OC[C@]12COC(c3ccco3)C(C(C)=CC1C)[C@H]2C. The van der Waals surface area contributed by atoms with E-state index in [0.29, 0.717) is 25.7 Å². The Balaban J connectivity index is 1.80. The molecule has 0 aromatic carbocycles. The van der Waals surface area contributed by atoms with Crippen LogP contribution in [0.5, 0.6) is 0 Å². The summed E-state index contributed by atoms with van der Waals surface area (Å²) in [5.41, 5.74) is 1.13. The van der Waals surface area contributed by atoms with E-state index in [0.717, 1.165) is 12.2 Å². The molecule has 1 saturated heterocycles. The van der Waals surface area contributed by atoms with E-state index in [2.05, 4.69) is 32.2 Å². The molecule has 3 rings (SSSR count). The highest BCUT2D eigenvalue weighted by molar-refractivity contribution is 5.67. The third-order valence-electron chi connectivity index (χ3n) is 6.06. The largest absolute Gasteiger partial charge is 0.467 e. The van der Waals surface area contributed by atoms with Crippen LogP contribution in [-0.2, 0) is 9.47 Å². The zero-order chi connectivity index (χ0) is 18.0. The summed E-state index contributed by atoms with van der Waals surface area (Å²) < 4.78 is 17.5. The van der Waals surface area contributed by atoms with Gasteiger partial charge in [0.15, 0.2) is 0 Å². The van der Waals surface area contributed by atoms with Gasteiger partial charge in [0, 0.05) is 17.9 Å². The number of amides is 1. The van der Waals surface area contributed by atoms with Crippen LogP contribution in [-0.4, -0.2) is 25.9 Å². The van der Waals surface area contributed by atoms with Crippen LogP contribution in [0.25, 0.3) is 0 Å². The minimum absolute atomic E-state index is 0.0733. The summed E-state index contributed by atoms with van der Waals surface area (Å²) in [4.78, 5) is 11.9. The van der Waals surface area contributed by atoms with Crippen LogP contribution in [0.1, 0.15) is 46.0 Å². The van der Waals surface area contributed by atoms with Crippen LogP contribution >= 0.6 is 0 Å². The quantitative estimate of drug-likeness (QED) is 0.806. The number of hydrogen-bond acceptors (Lipinski definition) is 4. The van der Waals surface area contributed by atoms with Crippen LogP contribution in [0.15, 0.2) is 34.5 Å². The van der Waals surface area contributed by atoms with Gasteiger partial charge in [-0.25, -0.2) is 4.79 Å². The van der Waals surface area contributed by atoms with E-state index in [1.807, 2.05) is 19.1 Å². The maximum absolute atomic E-state index is 11.9. The van der Waals surface area contributed by atoms with Gasteiger partial charge < -0.3 is 19.2 Å². The van der Waals surface area contributed by atoms with Crippen LogP contribution in [0.2, 0.25) is 0 Å². The van der Waals surface area contributed by atoms with Crippen LogP contribution < -0.4 is 5.32 Å². The minimum atomic E-state index is -0.341. The summed E-state index contributed by atoms with van der Waals surface area (Å²) in [6.07, 6.45) is 4.49. The van der Waals surface area contributed by atoms with Gasteiger partial charge in [0.2, 0.25) is 0 Å². The number of ether oxygens (including phenoxy) is 2. The van der Waals surface area contributed by atoms with E-state index >= 15 is 0 Å². The molecule has 2 bridgehead atoms. The van der Waals surface area contributed by atoms with Crippen molar-refractivity contribution in [2.24, 2.45) is 23.2 Å². The normalized spacial score (nSPS) is 34.3. The van der Waals surface area contributed by atoms with Crippen molar-refractivity contribution in [2.75, 3.05) is 19.8 Å². The van der Waals surface area contributed by atoms with Crippen molar-refractivity contribution in [2.45, 2.75) is 40.2 Å². The molecule has 3 unspecified atom stereocenters. The number of allylic oxidation sites excluding steroid dienone is 1. The number of carbonyl (C=O) groups excluding carboxylic acids is 1. The molecule has 1 aromatic rings. The Morgan fingerprint density at radius 3 is 2.92 bits per heavy atom. The molecule has 1 N–H and O–H groups in total. The van der Waals surface area contributed by atoms with E-state index in [1.165, 1.54) is 5.57 Å². The monoisotopic (exact) mass is 347 g/mol. The zero-order valence-electron chi connectivity index (χ0n) is 15.6. The molecule has 5 nitrogen and oxygen atoms in total. The fraction of sp³-hybridized carbons (Fsp3) is 0.650. The average molecular weight is 347 g/mol. The molecule has 138 valence electrons. The zero-order valence-corrected chi connectivity index (χ0v) is 15.6. The first-order valence-electron chi connectivity index (χ1n) is 9.23. The van der Waals surface area contributed by atoms with Crippen molar-refractivity contribution in [3.8, 4) is 0 Å². The highest BCUT2D eigenvalue weighted by atomic mass is 16.6. The summed E-state index contributed by atoms with van der Waals surface area (Å²) in [6, 6.07) is 3.88. The maximum Gasteiger partial charge on any atom is 0.407 e. The van der Waals surface area contributed by atoms with Crippen molar-refractivity contribution in [3.05, 3.63) is 35.8 Å². The third kappa shape index (κ3) is 3.22. The molecule has 25 heavy (non-hydrogen) atoms. The second-order valence-corrected chi connectivity index (χ2v) is 7.50. The van der Waals surface area contributed by atoms with Gasteiger partial charge in [-0.05, 0) is 37.3 Å². The molecule has 1 aliphatic heterocycles. The molecule has 1 aliphatic carbocycles. The summed E-state index contributed by atoms with van der Waals surface area (Å²) in [6.45, 7) is 10.2. The standard InChI is InChI=1S/C20H29NO4/c1-5-8-21-19(22)25-12-20-11-24-18(16-7-6-9-23-16)17(15(20)4)13(2)10-14(20)3/h6-7,9-10,14-15,17-18H,5,8,11-12H2,1-4H3,(H,21,22)/t14?,15-,17?,18?,20-/m1/s1. The smallest absolute Gasteiger partial charge is 0.407 e. The molecule has 1 amide bonds. The highest BCUT2D eigenvalue weighted by Crippen LogP contribution is 2.56. The Morgan fingerprint density at radius 2 is 2.24 bits per heavy atom. The molecular formula is C20H29NO4. The molecule has 5 heteroatoms. The Morgan fingerprint density at radius 1 is 1.44 bits per heavy atom. The van der Waals surface area contributed by atoms with E-state index in [1.54, 1.807) is 6.26 Å². The first kappa shape index (κ1) is 18.1. The number of alkyl carbamates (subject to hydrolysis) is 1. The number of rotatable bonds is 5. The summed E-state index contributed by atoms with van der Waals surface area (Å²) >= 11 is 0. The lowest BCUT2D eigenvalue weighted by Crippen LogP contribution is -2.54. The maximum atomic E-state index is 11.9. The molecule has 0 radical (unpaired) electrons. The fourth-order valence-corrected chi connectivity index (χ4v) is 4.45. The highest BCUT2D eigenvalue weighted by Gasteiger charge is 2.55. The van der Waals surface area contributed by atoms with Crippen LogP contribution in [0, 0.1) is 23.2 Å². The Labute approximate surface area is 149 Å². The lowest BCUT2D eigenvalue weighted by Gasteiger charge is -2.54. The topological polar surface area (TPSA) is 60.7 Å². The van der Waals surface area contributed by atoms with Gasteiger partial charge in [0.05, 0.1) is 12.9 Å². The van der Waals surface area contributed by atoms with Crippen molar-refractivity contribution >= 4 is 6.09 Å². The molecule has 2 aliphatic rings. The number of carbonyl (C=O) groups is 1. The number of nitrogens with one attached hydrogen (secondary N) is 1. The first-order chi connectivity index (χ1) is 12.0. The Kier molecular flexibility index (Phi) is 5.23. The predicted octanol–water partition coefficient (Wildman–Crippen LogP) is 4.32. The Bertz CT molecular complexity index is 624. The van der Waals surface area contributed by atoms with Crippen molar-refractivity contribution in [1.29, 1.82) is 0 Å². The van der Waals surface area contributed by atoms with Gasteiger partial charge in [-0.3, -0.25) is 0 Å². The van der Waals surface area contributed by atoms with Gasteiger partial charge in [0.1, 0.15) is 18.5 Å². The minimum Gasteiger partial charge on any atom is -0.467 e. The van der Waals surface area contributed by atoms with E-state index in [4.69, 9.17) is 13.9 Å². The number of fused-ring (bicyclic) bond motifs is 2. The van der Waals surface area contributed by atoms with E-state index in [-0.39, 0.29) is 29.4 Å². The Hall–Kier alpha value is -1.75. The van der Waals surface area contributed by atoms with Gasteiger partial charge in [0.25, 0.3) is 0 Å². The lowest BCUT2D eigenvalue weighted by molar-refractivity contribution is -0.170. The van der Waals surface area contributed by atoms with E-state index in [9.17, 15) is 4.79 Å². The van der Waals surface area contributed by atoms with E-state index < -0.39 is 0 Å². The molecule has 1 aromatic heterocycles. The molecule has 0 spiro atoms. The second kappa shape index (κ2) is 7.24. The summed E-state index contributed by atoms with van der Waals surface area (Å²) in [5, 5.41) is 2.78. The van der Waals surface area contributed by atoms with Crippen molar-refractivity contribution < 1.29 is 18.7 Å². The van der Waals surface area contributed by atoms with Crippen molar-refractivity contribution in [1.82, 2.24) is 5.32 Å². The molecule has 0 saturated carbocycles. The molecule has 2 heterocycles.